The minimum Gasteiger partial charge on any atom is -0.463 e. The number of nitriles is 1. The summed E-state index contributed by atoms with van der Waals surface area (Å²) in [5.41, 5.74) is 8.47. The molecule has 0 spiro atoms. The van der Waals surface area contributed by atoms with E-state index in [0.29, 0.717) is 16.8 Å². The topological polar surface area (TPSA) is 114 Å². The highest BCUT2D eigenvalue weighted by atomic mass is 16.5. The number of ether oxygens (including phenoxy) is 2. The first-order chi connectivity index (χ1) is 11.6. The van der Waals surface area contributed by atoms with Crippen molar-refractivity contribution in [3.8, 4) is 6.07 Å². The van der Waals surface area contributed by atoms with Crippen LogP contribution in [0.15, 0.2) is 47.3 Å². The molecule has 0 fully saturated rings. The number of nitrogens with zero attached hydrogens (tertiary/aromatic N) is 2. The van der Waals surface area contributed by atoms with Crippen molar-refractivity contribution in [2.45, 2.75) is 19.8 Å². The average molecular weight is 324 g/mol. The van der Waals surface area contributed by atoms with Crippen molar-refractivity contribution in [3.63, 3.8) is 0 Å². The van der Waals surface area contributed by atoms with E-state index in [9.17, 15) is 10.1 Å². The highest BCUT2D eigenvalue weighted by Crippen LogP contribution is 2.41. The van der Waals surface area contributed by atoms with Gasteiger partial charge in [-0.2, -0.15) is 5.26 Å². The molecule has 1 aliphatic heterocycles. The Morgan fingerprint density at radius 1 is 1.54 bits per heavy atom. The molecule has 1 aromatic heterocycles. The number of nitrogens with one attached hydrogen (secondary N) is 1. The number of nitrogens with two attached hydrogens (primary N) is 1. The van der Waals surface area contributed by atoms with Crippen LogP contribution in [0, 0.1) is 11.3 Å². The second kappa shape index (κ2) is 6.08. The lowest BCUT2D eigenvalue weighted by molar-refractivity contribution is -0.139. The maximum absolute atomic E-state index is 12.5. The predicted octanol–water partition coefficient (Wildman–Crippen LogP) is 2.21. The summed E-state index contributed by atoms with van der Waals surface area (Å²) in [5.74, 6) is -0.911. The van der Waals surface area contributed by atoms with Crippen LogP contribution >= 0.6 is 0 Å². The number of hydrogen-bond donors (Lipinski definition) is 2. The van der Waals surface area contributed by atoms with Gasteiger partial charge in [0.05, 0.1) is 35.5 Å². The normalized spacial score (nSPS) is 17.6. The molecule has 3 rings (SSSR count). The first-order valence-electron chi connectivity index (χ1n) is 7.46. The van der Waals surface area contributed by atoms with Crippen LogP contribution in [0.1, 0.15) is 25.3 Å². The molecule has 0 aliphatic carbocycles. The Hall–Kier alpha value is -3.27. The fourth-order valence-electron chi connectivity index (χ4n) is 2.89. The summed E-state index contributed by atoms with van der Waals surface area (Å²) < 4.78 is 10.5. The largest absolute Gasteiger partial charge is 0.463 e. The van der Waals surface area contributed by atoms with E-state index in [1.165, 1.54) is 0 Å². The van der Waals surface area contributed by atoms with E-state index >= 15 is 0 Å². The number of fused-ring (bicyclic) bond motifs is 1. The van der Waals surface area contributed by atoms with Gasteiger partial charge in [0.1, 0.15) is 17.4 Å². The Bertz CT molecular complexity index is 917. The summed E-state index contributed by atoms with van der Waals surface area (Å²) in [6, 6.07) is 7.57. The predicted molar refractivity (Wildman–Crippen MR) is 86.1 cm³/mol. The van der Waals surface area contributed by atoms with Crippen LogP contribution in [-0.4, -0.2) is 22.5 Å². The molecule has 3 N–H and O–H groups in total. The van der Waals surface area contributed by atoms with Gasteiger partial charge in [0, 0.05) is 0 Å². The zero-order chi connectivity index (χ0) is 17.3. The summed E-state index contributed by atoms with van der Waals surface area (Å²) in [7, 11) is 0. The number of esters is 1. The van der Waals surface area contributed by atoms with Crippen LogP contribution < -0.4 is 5.73 Å². The molecule has 0 amide bonds. The highest BCUT2D eigenvalue weighted by molar-refractivity contribution is 5.94. The van der Waals surface area contributed by atoms with Crippen molar-refractivity contribution < 1.29 is 14.3 Å². The number of H-pyrrole nitrogens is 1. The van der Waals surface area contributed by atoms with E-state index in [1.807, 2.05) is 18.2 Å². The standard InChI is InChI=1S/C17H16N4O3/c1-3-23-17(22)13-9(2)24-16(19)11(7-18)14(13)10-5-4-6-12-15(10)21-8-20-12/h4-6,8,14H,3,19H2,1-2H3,(H,20,21). The molecule has 24 heavy (non-hydrogen) atoms. The van der Waals surface area contributed by atoms with E-state index < -0.39 is 11.9 Å². The third-order valence-corrected chi connectivity index (χ3v) is 3.89. The molecule has 0 saturated carbocycles. The second-order valence-corrected chi connectivity index (χ2v) is 5.26. The maximum atomic E-state index is 12.5. The van der Waals surface area contributed by atoms with Gasteiger partial charge in [0.25, 0.3) is 0 Å². The molecular weight excluding hydrogens is 308 g/mol. The molecule has 1 aliphatic rings. The second-order valence-electron chi connectivity index (χ2n) is 5.26. The van der Waals surface area contributed by atoms with E-state index in [0.717, 1.165) is 5.52 Å². The zero-order valence-electron chi connectivity index (χ0n) is 13.3. The van der Waals surface area contributed by atoms with E-state index in [-0.39, 0.29) is 23.6 Å². The molecule has 0 bridgehead atoms. The van der Waals surface area contributed by atoms with Gasteiger partial charge in [-0.1, -0.05) is 12.1 Å². The Labute approximate surface area is 138 Å². The maximum Gasteiger partial charge on any atom is 0.338 e. The van der Waals surface area contributed by atoms with Gasteiger partial charge in [0.15, 0.2) is 0 Å². The zero-order valence-corrected chi connectivity index (χ0v) is 13.3. The number of rotatable bonds is 3. The molecule has 122 valence electrons. The van der Waals surface area contributed by atoms with Gasteiger partial charge in [-0.3, -0.25) is 0 Å². The highest BCUT2D eigenvalue weighted by Gasteiger charge is 2.37. The van der Waals surface area contributed by atoms with Gasteiger partial charge in [-0.25, -0.2) is 9.78 Å². The third-order valence-electron chi connectivity index (χ3n) is 3.89. The van der Waals surface area contributed by atoms with Crippen molar-refractivity contribution in [1.82, 2.24) is 9.97 Å². The minimum atomic E-state index is -0.685. The molecule has 1 aromatic carbocycles. The van der Waals surface area contributed by atoms with Crippen LogP contribution in [-0.2, 0) is 14.3 Å². The molecule has 1 unspecified atom stereocenters. The number of benzene rings is 1. The monoisotopic (exact) mass is 324 g/mol. The molecule has 7 heteroatoms. The molecule has 0 saturated heterocycles. The number of carbonyl (C=O) groups is 1. The Morgan fingerprint density at radius 3 is 3.04 bits per heavy atom. The van der Waals surface area contributed by atoms with Gasteiger partial charge >= 0.3 is 5.97 Å². The van der Waals surface area contributed by atoms with E-state index in [1.54, 1.807) is 20.2 Å². The van der Waals surface area contributed by atoms with Crippen LogP contribution in [0.3, 0.4) is 0 Å². The number of aromatic nitrogens is 2. The van der Waals surface area contributed by atoms with Crippen LogP contribution in [0.5, 0.6) is 0 Å². The van der Waals surface area contributed by atoms with Gasteiger partial charge in [0.2, 0.25) is 5.88 Å². The quantitative estimate of drug-likeness (QED) is 0.837. The first kappa shape index (κ1) is 15.6. The lowest BCUT2D eigenvalue weighted by Gasteiger charge is -2.26. The summed E-state index contributed by atoms with van der Waals surface area (Å²) in [5, 5.41) is 9.56. The number of aromatic amines is 1. The number of hydrogen-bond acceptors (Lipinski definition) is 6. The molecule has 2 aromatic rings. The number of allylic oxidation sites excluding steroid dienone is 2. The Morgan fingerprint density at radius 2 is 2.33 bits per heavy atom. The van der Waals surface area contributed by atoms with Gasteiger partial charge < -0.3 is 20.2 Å². The first-order valence-corrected chi connectivity index (χ1v) is 7.46. The SMILES string of the molecule is CCOC(=O)C1=C(C)OC(N)=C(C#N)C1c1cccc2[nH]cnc12. The van der Waals surface area contributed by atoms with Crippen molar-refractivity contribution >= 4 is 17.0 Å². The van der Waals surface area contributed by atoms with Gasteiger partial charge in [-0.05, 0) is 25.5 Å². The van der Waals surface area contributed by atoms with Crippen LogP contribution in [0.25, 0.3) is 11.0 Å². The van der Waals surface area contributed by atoms with Gasteiger partial charge in [-0.15, -0.1) is 0 Å². The molecule has 1 atom stereocenters. The Kier molecular flexibility index (Phi) is 3.96. The smallest absolute Gasteiger partial charge is 0.338 e. The number of carbonyl (C=O) groups excluding carboxylic acids is 1. The van der Waals surface area contributed by atoms with Crippen molar-refractivity contribution in [2.75, 3.05) is 6.61 Å². The van der Waals surface area contributed by atoms with Crippen molar-refractivity contribution in [3.05, 3.63) is 52.9 Å². The summed E-state index contributed by atoms with van der Waals surface area (Å²) >= 11 is 0. The average Bonchev–Trinajstić information content (AvgIpc) is 3.03. The van der Waals surface area contributed by atoms with Crippen LogP contribution in [0.4, 0.5) is 0 Å². The fourth-order valence-corrected chi connectivity index (χ4v) is 2.89. The number of para-hydroxylation sites is 1. The lowest BCUT2D eigenvalue weighted by atomic mass is 9.82. The van der Waals surface area contributed by atoms with Crippen molar-refractivity contribution in [2.24, 2.45) is 5.73 Å². The summed E-state index contributed by atoms with van der Waals surface area (Å²) in [6.45, 7) is 3.57. The number of imidazole rings is 1. The molecular formula is C17H16N4O3. The minimum absolute atomic E-state index is 0.0133. The lowest BCUT2D eigenvalue weighted by Crippen LogP contribution is -2.25. The fraction of sp³-hybridized carbons (Fsp3) is 0.235. The Balaban J connectivity index is 2.25. The molecule has 7 nitrogen and oxygen atoms in total. The van der Waals surface area contributed by atoms with E-state index in [2.05, 4.69) is 16.0 Å². The summed E-state index contributed by atoms with van der Waals surface area (Å²) in [6.07, 6.45) is 1.56. The van der Waals surface area contributed by atoms with E-state index in [4.69, 9.17) is 15.2 Å². The molecule has 0 radical (unpaired) electrons. The third kappa shape index (κ3) is 2.38. The summed E-state index contributed by atoms with van der Waals surface area (Å²) in [4.78, 5) is 19.8. The van der Waals surface area contributed by atoms with Crippen LogP contribution in [0.2, 0.25) is 0 Å². The van der Waals surface area contributed by atoms with Crippen molar-refractivity contribution in [1.29, 1.82) is 5.26 Å². The molecule has 2 heterocycles.